The summed E-state index contributed by atoms with van der Waals surface area (Å²) in [4.78, 5) is 31.1. The SMILES string of the molecule is CCCC(C)(N)C(=O)N1CCN(CC(=O)N(C)C2CCCCC2)CC1.Cl. The number of halogens is 1. The van der Waals surface area contributed by atoms with Gasteiger partial charge in [0.2, 0.25) is 11.8 Å². The van der Waals surface area contributed by atoms with Crippen LogP contribution in [-0.4, -0.2) is 77.9 Å². The first-order valence-electron chi connectivity index (χ1n) is 9.91. The van der Waals surface area contributed by atoms with Gasteiger partial charge in [0, 0.05) is 39.3 Å². The Kier molecular flexibility index (Phi) is 9.34. The quantitative estimate of drug-likeness (QED) is 0.754. The third kappa shape index (κ3) is 6.10. The lowest BCUT2D eigenvalue weighted by molar-refractivity contribution is -0.139. The number of nitrogens with two attached hydrogens (primary N) is 1. The van der Waals surface area contributed by atoms with Gasteiger partial charge in [-0.25, -0.2) is 0 Å². The fourth-order valence-electron chi connectivity index (χ4n) is 4.07. The van der Waals surface area contributed by atoms with Crippen molar-refractivity contribution in [1.82, 2.24) is 14.7 Å². The van der Waals surface area contributed by atoms with E-state index in [1.807, 2.05) is 30.7 Å². The summed E-state index contributed by atoms with van der Waals surface area (Å²) in [5, 5.41) is 0. The van der Waals surface area contributed by atoms with Crippen LogP contribution in [0, 0.1) is 0 Å². The van der Waals surface area contributed by atoms with Crippen molar-refractivity contribution in [2.45, 2.75) is 70.4 Å². The molecule has 2 fully saturated rings. The lowest BCUT2D eigenvalue weighted by Crippen LogP contribution is -2.59. The Labute approximate surface area is 164 Å². The Balaban J connectivity index is 0.00000338. The van der Waals surface area contributed by atoms with Gasteiger partial charge in [-0.3, -0.25) is 14.5 Å². The lowest BCUT2D eigenvalue weighted by atomic mass is 9.94. The summed E-state index contributed by atoms with van der Waals surface area (Å²) in [6.45, 7) is 7.16. The first-order chi connectivity index (χ1) is 11.8. The summed E-state index contributed by atoms with van der Waals surface area (Å²) >= 11 is 0. The molecule has 1 unspecified atom stereocenters. The molecule has 1 heterocycles. The number of carbonyl (C=O) groups excluding carboxylic acids is 2. The molecule has 1 saturated carbocycles. The number of likely N-dealkylation sites (N-methyl/N-ethyl adjacent to an activating group) is 1. The van der Waals surface area contributed by atoms with Crippen LogP contribution in [0.25, 0.3) is 0 Å². The zero-order valence-corrected chi connectivity index (χ0v) is 17.5. The Morgan fingerprint density at radius 3 is 2.23 bits per heavy atom. The molecule has 2 N–H and O–H groups in total. The van der Waals surface area contributed by atoms with E-state index in [0.29, 0.717) is 32.1 Å². The molecule has 2 aliphatic rings. The molecule has 0 aromatic heterocycles. The number of hydrogen-bond donors (Lipinski definition) is 1. The molecule has 2 rings (SSSR count). The molecule has 0 aromatic rings. The summed E-state index contributed by atoms with van der Waals surface area (Å²) in [5.41, 5.74) is 5.40. The van der Waals surface area contributed by atoms with Gasteiger partial charge in [0.05, 0.1) is 12.1 Å². The first-order valence-corrected chi connectivity index (χ1v) is 9.91. The molecule has 7 heteroatoms. The van der Waals surface area contributed by atoms with Crippen LogP contribution < -0.4 is 5.73 Å². The maximum absolute atomic E-state index is 12.6. The molecule has 2 amide bonds. The van der Waals surface area contributed by atoms with Gasteiger partial charge in [0.1, 0.15) is 0 Å². The first kappa shape index (κ1) is 23.2. The van der Waals surface area contributed by atoms with Crippen molar-refractivity contribution in [1.29, 1.82) is 0 Å². The molecule has 1 aliphatic heterocycles. The van der Waals surface area contributed by atoms with E-state index in [1.165, 1.54) is 19.3 Å². The van der Waals surface area contributed by atoms with Crippen LogP contribution in [0.15, 0.2) is 0 Å². The highest BCUT2D eigenvalue weighted by Gasteiger charge is 2.34. The van der Waals surface area contributed by atoms with E-state index < -0.39 is 5.54 Å². The smallest absolute Gasteiger partial charge is 0.242 e. The summed E-state index contributed by atoms with van der Waals surface area (Å²) in [7, 11) is 1.95. The van der Waals surface area contributed by atoms with Crippen LogP contribution >= 0.6 is 12.4 Å². The average Bonchev–Trinajstić information content (AvgIpc) is 2.61. The summed E-state index contributed by atoms with van der Waals surface area (Å²) in [6, 6.07) is 0.413. The van der Waals surface area contributed by atoms with E-state index >= 15 is 0 Å². The average molecular weight is 389 g/mol. The van der Waals surface area contributed by atoms with E-state index in [9.17, 15) is 9.59 Å². The van der Waals surface area contributed by atoms with Gasteiger partial charge in [-0.1, -0.05) is 32.6 Å². The molecular formula is C19H37ClN4O2. The topological polar surface area (TPSA) is 69.9 Å². The Morgan fingerprint density at radius 2 is 1.69 bits per heavy atom. The van der Waals surface area contributed by atoms with Crippen LogP contribution in [0.4, 0.5) is 0 Å². The Morgan fingerprint density at radius 1 is 1.12 bits per heavy atom. The van der Waals surface area contributed by atoms with Crippen molar-refractivity contribution >= 4 is 24.2 Å². The molecule has 0 bridgehead atoms. The minimum atomic E-state index is -0.770. The molecule has 1 aliphatic carbocycles. The largest absolute Gasteiger partial charge is 0.342 e. The molecule has 152 valence electrons. The fourth-order valence-corrected chi connectivity index (χ4v) is 4.07. The van der Waals surface area contributed by atoms with Gasteiger partial charge in [-0.05, 0) is 26.2 Å². The molecule has 1 saturated heterocycles. The minimum absolute atomic E-state index is 0. The standard InChI is InChI=1S/C19H36N4O2.ClH/c1-4-10-19(2,20)18(25)23-13-11-22(12-14-23)15-17(24)21(3)16-8-6-5-7-9-16;/h16H,4-15,20H2,1-3H3;1H. The molecule has 6 nitrogen and oxygen atoms in total. The van der Waals surface area contributed by atoms with Crippen molar-refractivity contribution in [3.63, 3.8) is 0 Å². The summed E-state index contributed by atoms with van der Waals surface area (Å²) in [6.07, 6.45) is 7.65. The zero-order chi connectivity index (χ0) is 18.4. The molecule has 0 radical (unpaired) electrons. The highest BCUT2D eigenvalue weighted by Crippen LogP contribution is 2.22. The van der Waals surface area contributed by atoms with E-state index in [4.69, 9.17) is 5.73 Å². The predicted octanol–water partition coefficient (Wildman–Crippen LogP) is 1.86. The van der Waals surface area contributed by atoms with Crippen LogP contribution in [-0.2, 0) is 9.59 Å². The third-order valence-electron chi connectivity index (χ3n) is 5.79. The zero-order valence-electron chi connectivity index (χ0n) is 16.7. The number of rotatable bonds is 6. The molecule has 26 heavy (non-hydrogen) atoms. The number of piperazine rings is 1. The van der Waals surface area contributed by atoms with Crippen LogP contribution in [0.5, 0.6) is 0 Å². The number of carbonyl (C=O) groups is 2. The van der Waals surface area contributed by atoms with Crippen molar-refractivity contribution in [2.75, 3.05) is 39.8 Å². The molecule has 1 atom stereocenters. The highest BCUT2D eigenvalue weighted by atomic mass is 35.5. The maximum Gasteiger partial charge on any atom is 0.242 e. The number of hydrogen-bond acceptors (Lipinski definition) is 4. The van der Waals surface area contributed by atoms with Crippen LogP contribution in [0.3, 0.4) is 0 Å². The van der Waals surface area contributed by atoms with Crippen LogP contribution in [0.2, 0.25) is 0 Å². The summed E-state index contributed by atoms with van der Waals surface area (Å²) in [5.74, 6) is 0.251. The van der Waals surface area contributed by atoms with Gasteiger partial charge in [0.25, 0.3) is 0 Å². The number of nitrogens with zero attached hydrogens (tertiary/aromatic N) is 3. The molecule has 0 aromatic carbocycles. The van der Waals surface area contributed by atoms with E-state index in [2.05, 4.69) is 4.90 Å². The van der Waals surface area contributed by atoms with Gasteiger partial charge in [0.15, 0.2) is 0 Å². The molecular weight excluding hydrogens is 352 g/mol. The van der Waals surface area contributed by atoms with Crippen molar-refractivity contribution < 1.29 is 9.59 Å². The number of amides is 2. The van der Waals surface area contributed by atoms with Gasteiger partial charge < -0.3 is 15.5 Å². The Bertz CT molecular complexity index is 458. The maximum atomic E-state index is 12.6. The minimum Gasteiger partial charge on any atom is -0.342 e. The second kappa shape index (κ2) is 10.5. The van der Waals surface area contributed by atoms with Crippen molar-refractivity contribution in [3.05, 3.63) is 0 Å². The van der Waals surface area contributed by atoms with E-state index in [1.54, 1.807) is 0 Å². The van der Waals surface area contributed by atoms with Crippen molar-refractivity contribution in [2.24, 2.45) is 5.73 Å². The normalized spacial score (nSPS) is 21.6. The van der Waals surface area contributed by atoms with E-state index in [0.717, 1.165) is 32.4 Å². The predicted molar refractivity (Wildman–Crippen MR) is 107 cm³/mol. The molecule has 0 spiro atoms. The summed E-state index contributed by atoms with van der Waals surface area (Å²) < 4.78 is 0. The second-order valence-corrected chi connectivity index (χ2v) is 8.03. The van der Waals surface area contributed by atoms with Crippen LogP contribution in [0.1, 0.15) is 58.8 Å². The highest BCUT2D eigenvalue weighted by molar-refractivity contribution is 5.86. The van der Waals surface area contributed by atoms with Crippen molar-refractivity contribution in [3.8, 4) is 0 Å². The fraction of sp³-hybridized carbons (Fsp3) is 0.895. The Hall–Kier alpha value is -0.850. The monoisotopic (exact) mass is 388 g/mol. The lowest BCUT2D eigenvalue weighted by Gasteiger charge is -2.39. The second-order valence-electron chi connectivity index (χ2n) is 8.03. The van der Waals surface area contributed by atoms with E-state index in [-0.39, 0.29) is 24.2 Å². The third-order valence-corrected chi connectivity index (χ3v) is 5.79. The van der Waals surface area contributed by atoms with Gasteiger partial charge in [-0.15, -0.1) is 12.4 Å². The van der Waals surface area contributed by atoms with Gasteiger partial charge in [-0.2, -0.15) is 0 Å². The van der Waals surface area contributed by atoms with Gasteiger partial charge >= 0.3 is 0 Å².